The van der Waals surface area contributed by atoms with Gasteiger partial charge in [0.25, 0.3) is 0 Å². The van der Waals surface area contributed by atoms with Crippen molar-refractivity contribution in [3.05, 3.63) is 0 Å². The zero-order valence-corrected chi connectivity index (χ0v) is 12.1. The fourth-order valence-corrected chi connectivity index (χ4v) is 4.67. The van der Waals surface area contributed by atoms with E-state index in [4.69, 9.17) is 9.73 Å². The topological polar surface area (TPSA) is 33.6 Å². The van der Waals surface area contributed by atoms with Crippen LogP contribution in [0.5, 0.6) is 0 Å². The number of aliphatic imine (C=N–C) groups is 1. The van der Waals surface area contributed by atoms with Crippen molar-refractivity contribution in [2.45, 2.75) is 57.1 Å². The van der Waals surface area contributed by atoms with Gasteiger partial charge < -0.3 is 10.1 Å². The van der Waals surface area contributed by atoms with Crippen molar-refractivity contribution in [3.63, 3.8) is 0 Å². The molecule has 1 N–H and O–H groups in total. The van der Waals surface area contributed by atoms with Gasteiger partial charge in [0.05, 0.1) is 12.6 Å². The van der Waals surface area contributed by atoms with Crippen LogP contribution in [0.15, 0.2) is 4.99 Å². The molecule has 102 valence electrons. The minimum atomic E-state index is 0.359. The largest absolute Gasteiger partial charge is 0.376 e. The number of ether oxygens (including phenoxy) is 1. The highest BCUT2D eigenvalue weighted by atomic mass is 32.2. The van der Waals surface area contributed by atoms with Crippen LogP contribution in [0.4, 0.5) is 0 Å². The van der Waals surface area contributed by atoms with E-state index in [1.54, 1.807) is 0 Å². The van der Waals surface area contributed by atoms with Crippen LogP contribution in [0.3, 0.4) is 0 Å². The smallest absolute Gasteiger partial charge is 0.157 e. The summed E-state index contributed by atoms with van der Waals surface area (Å²) in [6, 6.07) is 0. The molecule has 0 radical (unpaired) electrons. The quantitative estimate of drug-likeness (QED) is 0.836. The molecule has 0 amide bonds. The molecule has 2 heterocycles. The lowest BCUT2D eigenvalue weighted by Crippen LogP contribution is -2.47. The SMILES string of the molecule is CC1CCCC2(CSC(=NCC3CCCO3)N2)C1. The lowest BCUT2D eigenvalue weighted by molar-refractivity contribution is 0.118. The Kier molecular flexibility index (Phi) is 3.85. The molecule has 4 heteroatoms. The van der Waals surface area contributed by atoms with Crippen LogP contribution >= 0.6 is 11.8 Å². The molecule has 3 unspecified atom stereocenters. The molecule has 3 fully saturated rings. The van der Waals surface area contributed by atoms with Crippen LogP contribution in [0.25, 0.3) is 0 Å². The molecule has 2 saturated heterocycles. The van der Waals surface area contributed by atoms with E-state index in [1.807, 2.05) is 11.8 Å². The summed E-state index contributed by atoms with van der Waals surface area (Å²) in [6.45, 7) is 4.16. The molecule has 3 aliphatic rings. The first kappa shape index (κ1) is 12.8. The highest BCUT2D eigenvalue weighted by molar-refractivity contribution is 8.14. The first-order valence-corrected chi connectivity index (χ1v) is 8.31. The van der Waals surface area contributed by atoms with Gasteiger partial charge in [0.15, 0.2) is 5.17 Å². The summed E-state index contributed by atoms with van der Waals surface area (Å²) in [5.74, 6) is 2.08. The summed E-state index contributed by atoms with van der Waals surface area (Å²) >= 11 is 1.92. The summed E-state index contributed by atoms with van der Waals surface area (Å²) in [5, 5.41) is 4.88. The van der Waals surface area contributed by atoms with E-state index < -0.39 is 0 Å². The van der Waals surface area contributed by atoms with Crippen LogP contribution in [-0.4, -0.2) is 35.7 Å². The number of nitrogens with zero attached hydrogens (tertiary/aromatic N) is 1. The average Bonchev–Trinajstić information content (AvgIpc) is 2.97. The summed E-state index contributed by atoms with van der Waals surface area (Å²) in [6.07, 6.45) is 8.18. The maximum Gasteiger partial charge on any atom is 0.157 e. The Balaban J connectivity index is 1.55. The zero-order chi connectivity index (χ0) is 12.4. The van der Waals surface area contributed by atoms with Gasteiger partial charge in [-0.2, -0.15) is 0 Å². The van der Waals surface area contributed by atoms with Crippen molar-refractivity contribution in [2.24, 2.45) is 10.9 Å². The number of hydrogen-bond acceptors (Lipinski definition) is 3. The van der Waals surface area contributed by atoms with Crippen molar-refractivity contribution in [1.29, 1.82) is 0 Å². The Hall–Kier alpha value is -0.220. The highest BCUT2D eigenvalue weighted by Crippen LogP contribution is 2.38. The molecule has 1 saturated carbocycles. The fourth-order valence-electron chi connectivity index (χ4n) is 3.47. The van der Waals surface area contributed by atoms with E-state index in [-0.39, 0.29) is 0 Å². The lowest BCUT2D eigenvalue weighted by atomic mass is 9.78. The lowest BCUT2D eigenvalue weighted by Gasteiger charge is -2.36. The van der Waals surface area contributed by atoms with Gasteiger partial charge in [-0.05, 0) is 31.6 Å². The van der Waals surface area contributed by atoms with Crippen LogP contribution in [0.2, 0.25) is 0 Å². The van der Waals surface area contributed by atoms with E-state index in [1.165, 1.54) is 49.4 Å². The van der Waals surface area contributed by atoms with Crippen molar-refractivity contribution < 1.29 is 4.74 Å². The summed E-state index contributed by atoms with van der Waals surface area (Å²) < 4.78 is 5.62. The summed E-state index contributed by atoms with van der Waals surface area (Å²) in [7, 11) is 0. The number of rotatable bonds is 2. The summed E-state index contributed by atoms with van der Waals surface area (Å²) in [4.78, 5) is 4.72. The Labute approximate surface area is 114 Å². The molecule has 3 rings (SSSR count). The minimum absolute atomic E-state index is 0.359. The average molecular weight is 268 g/mol. The molecule has 18 heavy (non-hydrogen) atoms. The molecule has 2 aliphatic heterocycles. The van der Waals surface area contributed by atoms with Gasteiger partial charge in [-0.15, -0.1) is 0 Å². The van der Waals surface area contributed by atoms with E-state index >= 15 is 0 Å². The van der Waals surface area contributed by atoms with E-state index in [0.29, 0.717) is 11.6 Å². The van der Waals surface area contributed by atoms with Gasteiger partial charge >= 0.3 is 0 Å². The molecule has 1 aliphatic carbocycles. The maximum absolute atomic E-state index is 5.62. The summed E-state index contributed by atoms with van der Waals surface area (Å²) in [5.41, 5.74) is 0.359. The zero-order valence-electron chi connectivity index (χ0n) is 11.3. The molecule has 1 spiro atoms. The van der Waals surface area contributed by atoms with Crippen molar-refractivity contribution >= 4 is 16.9 Å². The van der Waals surface area contributed by atoms with Gasteiger partial charge in [-0.1, -0.05) is 31.5 Å². The molecule has 3 atom stereocenters. The van der Waals surface area contributed by atoms with Crippen LogP contribution in [0.1, 0.15) is 45.4 Å². The Morgan fingerprint density at radius 2 is 2.39 bits per heavy atom. The second-order valence-corrected chi connectivity index (χ2v) is 7.14. The van der Waals surface area contributed by atoms with E-state index in [0.717, 1.165) is 19.1 Å². The van der Waals surface area contributed by atoms with Gasteiger partial charge in [0.1, 0.15) is 0 Å². The molecule has 0 bridgehead atoms. The molecular formula is C14H24N2OS. The van der Waals surface area contributed by atoms with Crippen LogP contribution in [-0.2, 0) is 4.74 Å². The first-order valence-electron chi connectivity index (χ1n) is 7.33. The minimum Gasteiger partial charge on any atom is -0.376 e. The molecule has 3 nitrogen and oxygen atoms in total. The second-order valence-electron chi connectivity index (χ2n) is 6.18. The normalized spacial score (nSPS) is 42.6. The van der Waals surface area contributed by atoms with Crippen LogP contribution in [0, 0.1) is 5.92 Å². The third-order valence-corrected chi connectivity index (χ3v) is 5.61. The standard InChI is InChI=1S/C14H24N2OS/c1-11-4-2-6-14(8-11)10-18-13(16-14)15-9-12-5-3-7-17-12/h11-12H,2-10H2,1H3,(H,15,16). The van der Waals surface area contributed by atoms with Gasteiger partial charge in [-0.3, -0.25) is 4.99 Å². The third-order valence-electron chi connectivity index (χ3n) is 4.41. The second kappa shape index (κ2) is 5.41. The number of nitrogens with one attached hydrogen (secondary N) is 1. The van der Waals surface area contributed by atoms with Gasteiger partial charge in [-0.25, -0.2) is 0 Å². The first-order chi connectivity index (χ1) is 8.76. The van der Waals surface area contributed by atoms with Crippen LogP contribution < -0.4 is 5.32 Å². The predicted octanol–water partition coefficient (Wildman–Crippen LogP) is 2.81. The monoisotopic (exact) mass is 268 g/mol. The Bertz CT molecular complexity index is 328. The molecular weight excluding hydrogens is 244 g/mol. The van der Waals surface area contributed by atoms with Crippen molar-refractivity contribution in [3.8, 4) is 0 Å². The third kappa shape index (κ3) is 2.85. The number of hydrogen-bond donors (Lipinski definition) is 1. The van der Waals surface area contributed by atoms with Gasteiger partial charge in [0, 0.05) is 17.9 Å². The highest BCUT2D eigenvalue weighted by Gasteiger charge is 2.40. The fraction of sp³-hybridized carbons (Fsp3) is 0.929. The van der Waals surface area contributed by atoms with E-state index in [2.05, 4.69) is 12.2 Å². The van der Waals surface area contributed by atoms with Crippen molar-refractivity contribution in [1.82, 2.24) is 5.32 Å². The molecule has 0 aromatic carbocycles. The van der Waals surface area contributed by atoms with Crippen molar-refractivity contribution in [2.75, 3.05) is 18.9 Å². The van der Waals surface area contributed by atoms with E-state index in [9.17, 15) is 0 Å². The molecule has 0 aromatic rings. The Morgan fingerprint density at radius 1 is 1.44 bits per heavy atom. The maximum atomic E-state index is 5.62. The Morgan fingerprint density at radius 3 is 3.17 bits per heavy atom. The molecule has 0 aromatic heterocycles. The van der Waals surface area contributed by atoms with Gasteiger partial charge in [0.2, 0.25) is 0 Å². The predicted molar refractivity (Wildman–Crippen MR) is 77.2 cm³/mol. The number of amidine groups is 1. The number of thioether (sulfide) groups is 1.